The van der Waals surface area contributed by atoms with Gasteiger partial charge < -0.3 is 9.84 Å². The molecule has 0 amide bonds. The third kappa shape index (κ3) is 3.15. The van der Waals surface area contributed by atoms with E-state index < -0.39 is 33.9 Å². The number of ether oxygens (including phenoxy) is 1. The molecule has 2 aromatic rings. The Kier molecular flexibility index (Phi) is 4.35. The van der Waals surface area contributed by atoms with Crippen molar-refractivity contribution >= 4 is 17.6 Å². The molecular formula is C15H10FNO6. The maximum atomic E-state index is 13.6. The van der Waals surface area contributed by atoms with E-state index in [1.807, 2.05) is 0 Å². The number of carboxylic acid groups (broad SMARTS) is 1. The summed E-state index contributed by atoms with van der Waals surface area (Å²) in [7, 11) is 1.10. The second-order valence-electron chi connectivity index (χ2n) is 4.48. The number of benzene rings is 2. The number of aromatic carboxylic acids is 1. The normalized spacial score (nSPS) is 10.2. The Labute approximate surface area is 129 Å². The fourth-order valence-corrected chi connectivity index (χ4v) is 2.01. The molecule has 8 heteroatoms. The van der Waals surface area contributed by atoms with Gasteiger partial charge in [0.05, 0.1) is 17.6 Å². The zero-order valence-corrected chi connectivity index (χ0v) is 11.8. The van der Waals surface area contributed by atoms with Crippen LogP contribution in [0.3, 0.4) is 0 Å². The van der Waals surface area contributed by atoms with E-state index in [1.54, 1.807) is 0 Å². The number of hydrogen-bond acceptors (Lipinski definition) is 5. The van der Waals surface area contributed by atoms with Crippen LogP contribution in [0.2, 0.25) is 0 Å². The molecular weight excluding hydrogens is 309 g/mol. The fourth-order valence-electron chi connectivity index (χ4n) is 2.01. The van der Waals surface area contributed by atoms with Crippen molar-refractivity contribution in [1.82, 2.24) is 0 Å². The zero-order valence-electron chi connectivity index (χ0n) is 11.8. The molecule has 0 aliphatic carbocycles. The van der Waals surface area contributed by atoms with Crippen molar-refractivity contribution in [2.24, 2.45) is 0 Å². The predicted molar refractivity (Wildman–Crippen MR) is 76.8 cm³/mol. The van der Waals surface area contributed by atoms with E-state index in [0.717, 1.165) is 25.3 Å². The number of methoxy groups -OCH3 is 1. The Hall–Kier alpha value is -3.29. The summed E-state index contributed by atoms with van der Waals surface area (Å²) in [6, 6.07) is 7.00. The number of hydrogen-bond donors (Lipinski definition) is 1. The van der Waals surface area contributed by atoms with Gasteiger partial charge in [0.25, 0.3) is 5.69 Å². The van der Waals surface area contributed by atoms with Gasteiger partial charge in [-0.2, -0.15) is 0 Å². The highest BCUT2D eigenvalue weighted by atomic mass is 19.1. The summed E-state index contributed by atoms with van der Waals surface area (Å²) in [6.45, 7) is 0. The largest absolute Gasteiger partial charge is 0.477 e. The van der Waals surface area contributed by atoms with E-state index in [-0.39, 0.29) is 11.1 Å². The van der Waals surface area contributed by atoms with E-state index in [0.29, 0.717) is 5.56 Å². The zero-order chi connectivity index (χ0) is 17.1. The number of carbonyl (C=O) groups is 2. The van der Waals surface area contributed by atoms with Crippen molar-refractivity contribution < 1.29 is 28.7 Å². The van der Waals surface area contributed by atoms with Gasteiger partial charge in [-0.1, -0.05) is 12.1 Å². The molecule has 0 spiro atoms. The summed E-state index contributed by atoms with van der Waals surface area (Å²) in [5.41, 5.74) is -0.804. The first-order valence-corrected chi connectivity index (χ1v) is 6.25. The van der Waals surface area contributed by atoms with Gasteiger partial charge >= 0.3 is 11.9 Å². The molecule has 0 aromatic heterocycles. The second-order valence-corrected chi connectivity index (χ2v) is 4.48. The highest BCUT2D eigenvalue weighted by molar-refractivity contribution is 5.94. The molecule has 2 rings (SSSR count). The number of rotatable bonds is 4. The number of nitrogens with zero attached hydrogens (tertiary/aromatic N) is 1. The van der Waals surface area contributed by atoms with Crippen LogP contribution in [0.4, 0.5) is 10.1 Å². The molecule has 0 saturated heterocycles. The van der Waals surface area contributed by atoms with E-state index in [4.69, 9.17) is 5.11 Å². The molecule has 0 atom stereocenters. The average Bonchev–Trinajstić information content (AvgIpc) is 2.53. The molecule has 7 nitrogen and oxygen atoms in total. The number of nitro benzene ring substituents is 1. The minimum absolute atomic E-state index is 0.270. The van der Waals surface area contributed by atoms with Gasteiger partial charge in [-0.05, 0) is 29.3 Å². The molecule has 23 heavy (non-hydrogen) atoms. The fraction of sp³-hybridized carbons (Fsp3) is 0.0667. The average molecular weight is 319 g/mol. The lowest BCUT2D eigenvalue weighted by Crippen LogP contribution is -2.05. The molecule has 0 saturated carbocycles. The van der Waals surface area contributed by atoms with Gasteiger partial charge in [-0.15, -0.1) is 0 Å². The van der Waals surface area contributed by atoms with Gasteiger partial charge in [0.1, 0.15) is 11.4 Å². The molecule has 0 heterocycles. The van der Waals surface area contributed by atoms with Gasteiger partial charge in [0, 0.05) is 6.07 Å². The van der Waals surface area contributed by atoms with Crippen molar-refractivity contribution in [3.8, 4) is 11.1 Å². The van der Waals surface area contributed by atoms with Gasteiger partial charge in [0.2, 0.25) is 0 Å². The van der Waals surface area contributed by atoms with Crippen molar-refractivity contribution in [3.05, 3.63) is 63.5 Å². The molecule has 1 N–H and O–H groups in total. The summed E-state index contributed by atoms with van der Waals surface area (Å²) in [6.07, 6.45) is 0. The Morgan fingerprint density at radius 2 is 1.74 bits per heavy atom. The van der Waals surface area contributed by atoms with Crippen LogP contribution in [0.5, 0.6) is 0 Å². The van der Waals surface area contributed by atoms with Crippen LogP contribution >= 0.6 is 0 Å². The number of carbonyl (C=O) groups excluding carboxylic acids is 1. The number of nitro groups is 1. The number of halogens is 1. The van der Waals surface area contributed by atoms with Crippen molar-refractivity contribution in [2.75, 3.05) is 7.11 Å². The van der Waals surface area contributed by atoms with E-state index in [9.17, 15) is 24.1 Å². The summed E-state index contributed by atoms with van der Waals surface area (Å²) in [5, 5.41) is 19.9. The predicted octanol–water partition coefficient (Wildman–Crippen LogP) is 2.89. The number of carboxylic acids is 1. The van der Waals surface area contributed by atoms with Crippen LogP contribution in [0.15, 0.2) is 36.4 Å². The van der Waals surface area contributed by atoms with Gasteiger partial charge in [-0.3, -0.25) is 10.1 Å². The standard InChI is InChI=1S/C15H10FNO6/c1-23-15(20)11-6-8(3-5-12(11)16)9-2-4-10(14(18)19)13(7-9)17(21)22/h2-7H,1H3,(H,18,19). The highest BCUT2D eigenvalue weighted by Gasteiger charge is 2.21. The summed E-state index contributed by atoms with van der Waals surface area (Å²) in [4.78, 5) is 32.6. The van der Waals surface area contributed by atoms with E-state index in [1.165, 1.54) is 18.2 Å². The lowest BCUT2D eigenvalue weighted by atomic mass is 10.00. The van der Waals surface area contributed by atoms with Crippen LogP contribution in [0, 0.1) is 15.9 Å². The molecule has 0 aliphatic heterocycles. The molecule has 0 unspecified atom stereocenters. The summed E-state index contributed by atoms with van der Waals surface area (Å²) in [5.74, 6) is -3.11. The summed E-state index contributed by atoms with van der Waals surface area (Å²) >= 11 is 0. The van der Waals surface area contributed by atoms with Crippen LogP contribution in [-0.4, -0.2) is 29.1 Å². The minimum atomic E-state index is -1.43. The smallest absolute Gasteiger partial charge is 0.342 e. The molecule has 0 aliphatic rings. The minimum Gasteiger partial charge on any atom is -0.477 e. The molecule has 0 bridgehead atoms. The quantitative estimate of drug-likeness (QED) is 0.527. The first kappa shape index (κ1) is 16.1. The molecule has 2 aromatic carbocycles. The lowest BCUT2D eigenvalue weighted by Gasteiger charge is -2.07. The molecule has 0 fully saturated rings. The van der Waals surface area contributed by atoms with E-state index >= 15 is 0 Å². The third-order valence-electron chi connectivity index (χ3n) is 3.13. The topological polar surface area (TPSA) is 107 Å². The Balaban J connectivity index is 2.59. The van der Waals surface area contributed by atoms with Crippen LogP contribution in [0.25, 0.3) is 11.1 Å². The first-order chi connectivity index (χ1) is 10.8. The van der Waals surface area contributed by atoms with Crippen LogP contribution < -0.4 is 0 Å². The first-order valence-electron chi connectivity index (χ1n) is 6.25. The molecule has 118 valence electrons. The number of esters is 1. The monoisotopic (exact) mass is 319 g/mol. The Bertz CT molecular complexity index is 818. The SMILES string of the molecule is COC(=O)c1cc(-c2ccc(C(=O)O)c([N+](=O)[O-])c2)ccc1F. The van der Waals surface area contributed by atoms with Gasteiger partial charge in [0.15, 0.2) is 0 Å². The van der Waals surface area contributed by atoms with Gasteiger partial charge in [-0.25, -0.2) is 14.0 Å². The lowest BCUT2D eigenvalue weighted by molar-refractivity contribution is -0.385. The van der Waals surface area contributed by atoms with Crippen molar-refractivity contribution in [3.63, 3.8) is 0 Å². The third-order valence-corrected chi connectivity index (χ3v) is 3.13. The highest BCUT2D eigenvalue weighted by Crippen LogP contribution is 2.28. The summed E-state index contributed by atoms with van der Waals surface area (Å²) < 4.78 is 18.1. The maximum Gasteiger partial charge on any atom is 0.342 e. The second kappa shape index (κ2) is 6.22. The Morgan fingerprint density at radius 3 is 2.30 bits per heavy atom. The van der Waals surface area contributed by atoms with E-state index in [2.05, 4.69) is 4.74 Å². The van der Waals surface area contributed by atoms with Crippen molar-refractivity contribution in [1.29, 1.82) is 0 Å². The van der Waals surface area contributed by atoms with Crippen LogP contribution in [0.1, 0.15) is 20.7 Å². The Morgan fingerprint density at radius 1 is 1.13 bits per heavy atom. The van der Waals surface area contributed by atoms with Crippen molar-refractivity contribution in [2.45, 2.75) is 0 Å². The molecule has 0 radical (unpaired) electrons. The maximum absolute atomic E-state index is 13.6. The van der Waals surface area contributed by atoms with Crippen LogP contribution in [-0.2, 0) is 4.74 Å².